The normalized spacial score (nSPS) is 12.2. The number of hydrogen-bond donors (Lipinski definition) is 2. The smallest absolute Gasteiger partial charge is 0.342 e. The lowest BCUT2D eigenvalue weighted by atomic mass is 9.95. The summed E-state index contributed by atoms with van der Waals surface area (Å²) in [6.45, 7) is 6.08. The Hall–Kier alpha value is -2.11. The Bertz CT molecular complexity index is 498. The van der Waals surface area contributed by atoms with Crippen LogP contribution in [0.25, 0.3) is 0 Å². The number of nitrogens with zero attached hydrogens (tertiary/aromatic N) is 1. The van der Waals surface area contributed by atoms with E-state index in [4.69, 9.17) is 5.11 Å². The van der Waals surface area contributed by atoms with Gasteiger partial charge in [0.05, 0.1) is 4.92 Å². The molecule has 0 bridgehead atoms. The average Bonchev–Trinajstić information content (AvgIpc) is 2.39. The Morgan fingerprint density at radius 2 is 2.00 bits per heavy atom. The zero-order chi connectivity index (χ0) is 15.3. The van der Waals surface area contributed by atoms with Gasteiger partial charge in [-0.2, -0.15) is 0 Å². The number of nitro benzene ring substituents is 1. The summed E-state index contributed by atoms with van der Waals surface area (Å²) < 4.78 is 0. The summed E-state index contributed by atoms with van der Waals surface area (Å²) in [7, 11) is 0. The van der Waals surface area contributed by atoms with Crippen molar-refractivity contribution in [3.63, 3.8) is 0 Å². The van der Waals surface area contributed by atoms with Gasteiger partial charge in [0.1, 0.15) is 11.3 Å². The topological polar surface area (TPSA) is 92.5 Å². The van der Waals surface area contributed by atoms with Crippen molar-refractivity contribution in [3.8, 4) is 0 Å². The quantitative estimate of drug-likeness (QED) is 0.588. The number of benzene rings is 1. The SMILES string of the molecule is CCC(CC)C(C)Nc1cccc(C(=O)O)c1[N+](=O)[O-]. The van der Waals surface area contributed by atoms with Gasteiger partial charge in [0.25, 0.3) is 0 Å². The first kappa shape index (κ1) is 15.9. The van der Waals surface area contributed by atoms with Crippen molar-refractivity contribution in [1.29, 1.82) is 0 Å². The minimum absolute atomic E-state index is 0.0349. The second-order valence-electron chi connectivity index (χ2n) is 4.77. The molecular weight excluding hydrogens is 260 g/mol. The van der Waals surface area contributed by atoms with Crippen LogP contribution in [0.3, 0.4) is 0 Å². The molecule has 1 aromatic rings. The van der Waals surface area contributed by atoms with E-state index in [0.29, 0.717) is 5.92 Å². The number of para-hydroxylation sites is 1. The number of carboxylic acid groups (broad SMARTS) is 1. The van der Waals surface area contributed by atoms with Gasteiger partial charge in [0.15, 0.2) is 0 Å². The highest BCUT2D eigenvalue weighted by molar-refractivity contribution is 5.95. The van der Waals surface area contributed by atoms with Crippen molar-refractivity contribution in [2.45, 2.75) is 39.7 Å². The summed E-state index contributed by atoms with van der Waals surface area (Å²) in [5.74, 6) is -0.918. The second kappa shape index (κ2) is 6.88. The maximum atomic E-state index is 11.1. The Morgan fingerprint density at radius 3 is 2.45 bits per heavy atom. The molecule has 0 amide bonds. The summed E-state index contributed by atoms with van der Waals surface area (Å²) in [6, 6.07) is 4.34. The predicted octanol–water partition coefficient (Wildman–Crippen LogP) is 3.53. The number of hydrogen-bond acceptors (Lipinski definition) is 4. The number of anilines is 1. The van der Waals surface area contributed by atoms with Gasteiger partial charge in [-0.1, -0.05) is 32.8 Å². The molecule has 0 saturated carbocycles. The predicted molar refractivity (Wildman–Crippen MR) is 77.2 cm³/mol. The number of carbonyl (C=O) groups is 1. The van der Waals surface area contributed by atoms with Crippen LogP contribution in [0.1, 0.15) is 44.0 Å². The van der Waals surface area contributed by atoms with Crippen LogP contribution in [-0.2, 0) is 0 Å². The van der Waals surface area contributed by atoms with Gasteiger partial charge in [0.2, 0.25) is 0 Å². The highest BCUT2D eigenvalue weighted by Crippen LogP contribution is 2.30. The molecule has 1 rings (SSSR count). The Labute approximate surface area is 118 Å². The second-order valence-corrected chi connectivity index (χ2v) is 4.77. The Morgan fingerprint density at radius 1 is 1.40 bits per heavy atom. The van der Waals surface area contributed by atoms with Gasteiger partial charge >= 0.3 is 11.7 Å². The van der Waals surface area contributed by atoms with Crippen molar-refractivity contribution in [1.82, 2.24) is 0 Å². The van der Waals surface area contributed by atoms with E-state index in [0.717, 1.165) is 12.8 Å². The van der Waals surface area contributed by atoms with Crippen LogP contribution in [0, 0.1) is 16.0 Å². The van der Waals surface area contributed by atoms with E-state index in [1.807, 2.05) is 6.92 Å². The maximum absolute atomic E-state index is 11.1. The van der Waals surface area contributed by atoms with Gasteiger partial charge in [-0.3, -0.25) is 10.1 Å². The first-order valence-electron chi connectivity index (χ1n) is 6.69. The molecule has 0 aliphatic carbocycles. The van der Waals surface area contributed by atoms with Crippen molar-refractivity contribution < 1.29 is 14.8 Å². The van der Waals surface area contributed by atoms with Crippen molar-refractivity contribution >= 4 is 17.3 Å². The first-order chi connectivity index (χ1) is 9.42. The third kappa shape index (κ3) is 3.46. The maximum Gasteiger partial charge on any atom is 0.342 e. The molecule has 0 heterocycles. The van der Waals surface area contributed by atoms with Gasteiger partial charge in [0, 0.05) is 6.04 Å². The lowest BCUT2D eigenvalue weighted by molar-refractivity contribution is -0.384. The molecule has 0 fully saturated rings. The monoisotopic (exact) mass is 280 g/mol. The van der Waals surface area contributed by atoms with E-state index >= 15 is 0 Å². The molecule has 1 aromatic carbocycles. The summed E-state index contributed by atoms with van der Waals surface area (Å²) in [6.07, 6.45) is 1.91. The van der Waals surface area contributed by atoms with Crippen LogP contribution in [-0.4, -0.2) is 22.0 Å². The third-order valence-electron chi connectivity index (χ3n) is 3.59. The Balaban J connectivity index is 3.15. The zero-order valence-corrected chi connectivity index (χ0v) is 11.9. The number of rotatable bonds is 7. The molecule has 0 aliphatic heterocycles. The van der Waals surface area contributed by atoms with E-state index in [-0.39, 0.29) is 23.0 Å². The zero-order valence-electron chi connectivity index (χ0n) is 11.9. The minimum Gasteiger partial charge on any atom is -0.477 e. The summed E-state index contributed by atoms with van der Waals surface area (Å²) in [4.78, 5) is 21.6. The molecule has 1 atom stereocenters. The summed E-state index contributed by atoms with van der Waals surface area (Å²) in [5.41, 5.74) is -0.413. The fourth-order valence-electron chi connectivity index (χ4n) is 2.39. The fraction of sp³-hybridized carbons (Fsp3) is 0.500. The molecule has 0 radical (unpaired) electrons. The van der Waals surface area contributed by atoms with Crippen LogP contribution in [0.2, 0.25) is 0 Å². The molecule has 0 saturated heterocycles. The molecule has 0 aliphatic rings. The van der Waals surface area contributed by atoms with Gasteiger partial charge < -0.3 is 10.4 Å². The molecule has 6 heteroatoms. The van der Waals surface area contributed by atoms with Gasteiger partial charge in [-0.05, 0) is 25.0 Å². The fourth-order valence-corrected chi connectivity index (χ4v) is 2.39. The van der Waals surface area contributed by atoms with Crippen LogP contribution in [0.15, 0.2) is 18.2 Å². The van der Waals surface area contributed by atoms with E-state index in [1.54, 1.807) is 6.07 Å². The number of nitro groups is 1. The highest BCUT2D eigenvalue weighted by Gasteiger charge is 2.25. The Kier molecular flexibility index (Phi) is 5.49. The van der Waals surface area contributed by atoms with Crippen LogP contribution < -0.4 is 5.32 Å². The van der Waals surface area contributed by atoms with Gasteiger partial charge in [-0.25, -0.2) is 4.79 Å². The lowest BCUT2D eigenvalue weighted by Crippen LogP contribution is -2.25. The van der Waals surface area contributed by atoms with E-state index < -0.39 is 10.9 Å². The van der Waals surface area contributed by atoms with Crippen molar-refractivity contribution in [3.05, 3.63) is 33.9 Å². The molecule has 1 unspecified atom stereocenters. The van der Waals surface area contributed by atoms with Crippen LogP contribution in [0.4, 0.5) is 11.4 Å². The lowest BCUT2D eigenvalue weighted by Gasteiger charge is -2.23. The van der Waals surface area contributed by atoms with Crippen LogP contribution in [0.5, 0.6) is 0 Å². The van der Waals surface area contributed by atoms with Crippen molar-refractivity contribution in [2.75, 3.05) is 5.32 Å². The molecular formula is C14H20N2O4. The third-order valence-corrected chi connectivity index (χ3v) is 3.59. The van der Waals surface area contributed by atoms with Crippen molar-refractivity contribution in [2.24, 2.45) is 5.92 Å². The molecule has 6 nitrogen and oxygen atoms in total. The van der Waals surface area contributed by atoms with Crippen LogP contribution >= 0.6 is 0 Å². The van der Waals surface area contributed by atoms with E-state index in [9.17, 15) is 14.9 Å². The molecule has 110 valence electrons. The number of nitrogens with one attached hydrogen (secondary N) is 1. The summed E-state index contributed by atoms with van der Waals surface area (Å²) in [5, 5.41) is 23.3. The molecule has 0 aromatic heterocycles. The first-order valence-corrected chi connectivity index (χ1v) is 6.69. The highest BCUT2D eigenvalue weighted by atomic mass is 16.6. The summed E-state index contributed by atoms with van der Waals surface area (Å²) >= 11 is 0. The van der Waals surface area contributed by atoms with E-state index in [2.05, 4.69) is 19.2 Å². The minimum atomic E-state index is -1.30. The largest absolute Gasteiger partial charge is 0.477 e. The molecule has 2 N–H and O–H groups in total. The van der Waals surface area contributed by atoms with Gasteiger partial charge in [-0.15, -0.1) is 0 Å². The number of carboxylic acids is 1. The standard InChI is InChI=1S/C14H20N2O4/c1-4-10(5-2)9(3)15-12-8-6-7-11(14(17)18)13(12)16(19)20/h6-10,15H,4-5H2,1-3H3,(H,17,18). The average molecular weight is 280 g/mol. The number of aromatic carboxylic acids is 1. The molecule has 0 spiro atoms. The molecule has 20 heavy (non-hydrogen) atoms. The van der Waals surface area contributed by atoms with E-state index in [1.165, 1.54) is 12.1 Å².